The first-order valence-electron chi connectivity index (χ1n) is 2.14. The Kier molecular flexibility index (Phi) is 197. The molecule has 0 radical (unpaired) electrons. The van der Waals surface area contributed by atoms with Gasteiger partial charge in [-0.3, -0.25) is 0 Å². The molecule has 0 heterocycles. The Morgan fingerprint density at radius 1 is 1.00 bits per heavy atom. The SMILES string of the molecule is C=C.C=C.C=C.N[P+](=O)O. The second kappa shape index (κ2) is 86.1. The first kappa shape index (κ1) is 22.8. The van der Waals surface area contributed by atoms with Gasteiger partial charge in [0.05, 0.1) is 0 Å². The van der Waals surface area contributed by atoms with E-state index in [1.54, 1.807) is 0 Å². The van der Waals surface area contributed by atoms with Crippen LogP contribution in [0.1, 0.15) is 0 Å². The Morgan fingerprint density at radius 3 is 1.00 bits per heavy atom. The van der Waals surface area contributed by atoms with Gasteiger partial charge in [-0.1, -0.05) is 5.50 Å². The van der Waals surface area contributed by atoms with Crippen molar-refractivity contribution in [3.8, 4) is 0 Å². The third-order valence-corrected chi connectivity index (χ3v) is 0. The van der Waals surface area contributed by atoms with Crippen molar-refractivity contribution in [2.45, 2.75) is 0 Å². The predicted octanol–water partition coefficient (Wildman–Crippen LogP) is 2.00. The van der Waals surface area contributed by atoms with Crippen molar-refractivity contribution >= 4 is 8.18 Å². The molecule has 1 atom stereocenters. The number of rotatable bonds is 0. The van der Waals surface area contributed by atoms with Crippen molar-refractivity contribution in [1.29, 1.82) is 0 Å². The second-order valence-electron chi connectivity index (χ2n) is 0.303. The van der Waals surface area contributed by atoms with Crippen LogP contribution >= 0.6 is 8.18 Å². The van der Waals surface area contributed by atoms with E-state index in [9.17, 15) is 0 Å². The maximum Gasteiger partial charge on any atom is 0.607 e. The minimum Gasteiger partial charge on any atom is -0.144 e. The molecule has 0 fully saturated rings. The quantitative estimate of drug-likeness (QED) is 0.425. The van der Waals surface area contributed by atoms with Crippen LogP contribution in [-0.4, -0.2) is 4.89 Å². The van der Waals surface area contributed by atoms with Gasteiger partial charge in [0.15, 0.2) is 0 Å². The molecule has 0 bridgehead atoms. The highest BCUT2D eigenvalue weighted by Crippen LogP contribution is 1.91. The van der Waals surface area contributed by atoms with E-state index in [4.69, 9.17) is 9.46 Å². The van der Waals surface area contributed by atoms with Gasteiger partial charge in [0, 0.05) is 0 Å². The molecule has 3 nitrogen and oxygen atoms in total. The highest BCUT2D eigenvalue weighted by Gasteiger charge is 1.88. The number of hydrogen-bond acceptors (Lipinski definition) is 1. The van der Waals surface area contributed by atoms with Gasteiger partial charge in [0.1, 0.15) is 0 Å². The molecule has 0 aliphatic heterocycles. The molecular weight excluding hydrogens is 149 g/mol. The van der Waals surface area contributed by atoms with E-state index in [1.165, 1.54) is 0 Å². The van der Waals surface area contributed by atoms with Crippen LogP contribution in [0.2, 0.25) is 0 Å². The fourth-order valence-corrected chi connectivity index (χ4v) is 0. The molecule has 0 aliphatic carbocycles. The molecule has 4 heteroatoms. The van der Waals surface area contributed by atoms with Gasteiger partial charge in [-0.2, -0.15) is 0 Å². The highest BCUT2D eigenvalue weighted by atomic mass is 31.1. The summed E-state index contributed by atoms with van der Waals surface area (Å²) in [4.78, 5) is 7.34. The van der Waals surface area contributed by atoms with Crippen molar-refractivity contribution in [1.82, 2.24) is 0 Å². The summed E-state index contributed by atoms with van der Waals surface area (Å²) >= 11 is 0. The predicted molar refractivity (Wildman–Crippen MR) is 47.8 cm³/mol. The lowest BCUT2D eigenvalue weighted by molar-refractivity contribution is 0.504. The van der Waals surface area contributed by atoms with Crippen LogP contribution in [-0.2, 0) is 4.57 Å². The molecule has 3 N–H and O–H groups in total. The zero-order valence-electron chi connectivity index (χ0n) is 6.12. The highest BCUT2D eigenvalue weighted by molar-refractivity contribution is 7.35. The molecule has 0 spiro atoms. The van der Waals surface area contributed by atoms with Crippen molar-refractivity contribution in [2.24, 2.45) is 5.50 Å². The summed E-state index contributed by atoms with van der Waals surface area (Å²) in [6.45, 7) is 18.0. The van der Waals surface area contributed by atoms with E-state index in [1.807, 2.05) is 0 Å². The zero-order valence-corrected chi connectivity index (χ0v) is 7.02. The molecule has 0 rings (SSSR count). The van der Waals surface area contributed by atoms with Crippen LogP contribution in [0.3, 0.4) is 0 Å². The molecule has 10 heavy (non-hydrogen) atoms. The molecule has 0 saturated heterocycles. The van der Waals surface area contributed by atoms with Gasteiger partial charge < -0.3 is 0 Å². The Hall–Kier alpha value is -0.760. The van der Waals surface area contributed by atoms with Crippen LogP contribution in [0.25, 0.3) is 0 Å². The molecule has 0 aromatic rings. The van der Waals surface area contributed by atoms with Gasteiger partial charge in [0.2, 0.25) is 0 Å². The van der Waals surface area contributed by atoms with E-state index in [0.29, 0.717) is 0 Å². The summed E-state index contributed by atoms with van der Waals surface area (Å²) in [5.41, 5.74) is 4.18. The second-order valence-corrected chi connectivity index (χ2v) is 0.908. The van der Waals surface area contributed by atoms with E-state index < -0.39 is 8.18 Å². The molecule has 60 valence electrons. The Morgan fingerprint density at radius 2 is 1.00 bits per heavy atom. The molecule has 0 aliphatic rings. The van der Waals surface area contributed by atoms with Crippen molar-refractivity contribution in [3.63, 3.8) is 0 Å². The van der Waals surface area contributed by atoms with Gasteiger partial charge in [-0.05, 0) is 4.57 Å². The lowest BCUT2D eigenvalue weighted by atomic mass is 11.3. The smallest absolute Gasteiger partial charge is 0.144 e. The van der Waals surface area contributed by atoms with Gasteiger partial charge in [-0.15, -0.1) is 44.4 Å². The van der Waals surface area contributed by atoms with E-state index >= 15 is 0 Å². The molecule has 0 amide bonds. The minimum atomic E-state index is -2.37. The molecule has 1 unspecified atom stereocenters. The monoisotopic (exact) mass is 164 g/mol. The van der Waals surface area contributed by atoms with Gasteiger partial charge in [-0.25, -0.2) is 0 Å². The van der Waals surface area contributed by atoms with E-state index in [-0.39, 0.29) is 0 Å². The summed E-state index contributed by atoms with van der Waals surface area (Å²) in [6, 6.07) is 0. The summed E-state index contributed by atoms with van der Waals surface area (Å²) < 4.78 is 8.93. The largest absolute Gasteiger partial charge is 0.607 e. The standard InChI is InChI=1S/3C2H4.H2NO2P/c3*1-2;1-4(2)3/h3*1-2H2;(H2-,1,2,3)/p+1. The van der Waals surface area contributed by atoms with E-state index in [0.717, 1.165) is 0 Å². The Labute approximate surface area is 63.5 Å². The summed E-state index contributed by atoms with van der Waals surface area (Å²) in [5.74, 6) is 0. The fourth-order valence-electron chi connectivity index (χ4n) is 0. The first-order valence-corrected chi connectivity index (χ1v) is 3.42. The van der Waals surface area contributed by atoms with Crippen molar-refractivity contribution < 1.29 is 9.46 Å². The average molecular weight is 164 g/mol. The van der Waals surface area contributed by atoms with Crippen LogP contribution < -0.4 is 5.50 Å². The molecular formula is C6H15NO2P+. The van der Waals surface area contributed by atoms with Crippen LogP contribution in [0.4, 0.5) is 0 Å². The van der Waals surface area contributed by atoms with Gasteiger partial charge >= 0.3 is 8.18 Å². The van der Waals surface area contributed by atoms with Gasteiger partial charge in [0.25, 0.3) is 0 Å². The maximum atomic E-state index is 8.93. The van der Waals surface area contributed by atoms with E-state index in [2.05, 4.69) is 45.0 Å². The summed E-state index contributed by atoms with van der Waals surface area (Å²) in [7, 11) is -2.37. The Balaban J connectivity index is -0.0000000262. The first-order chi connectivity index (χ1) is 4.73. The third-order valence-electron chi connectivity index (χ3n) is 0. The maximum absolute atomic E-state index is 8.93. The minimum absolute atomic E-state index is 2.37. The Bertz CT molecular complexity index is 60.0. The lowest BCUT2D eigenvalue weighted by Gasteiger charge is -1.36. The van der Waals surface area contributed by atoms with Crippen LogP contribution in [0.5, 0.6) is 0 Å². The molecule has 0 aromatic heterocycles. The summed E-state index contributed by atoms with van der Waals surface area (Å²) in [5, 5.41) is 0. The summed E-state index contributed by atoms with van der Waals surface area (Å²) in [6.07, 6.45) is 0. The van der Waals surface area contributed by atoms with Crippen molar-refractivity contribution in [3.05, 3.63) is 39.5 Å². The molecule has 0 aromatic carbocycles. The average Bonchev–Trinajstić information content (AvgIpc) is 1.98. The fraction of sp³-hybridized carbons (Fsp3) is 0. The number of nitrogens with two attached hydrogens (primary N) is 1. The van der Waals surface area contributed by atoms with Crippen molar-refractivity contribution in [2.75, 3.05) is 0 Å². The van der Waals surface area contributed by atoms with Crippen LogP contribution in [0, 0.1) is 0 Å². The molecule has 0 saturated carbocycles. The lowest BCUT2D eigenvalue weighted by Crippen LogP contribution is -1.68. The van der Waals surface area contributed by atoms with Crippen LogP contribution in [0.15, 0.2) is 39.5 Å². The zero-order chi connectivity index (χ0) is 9.58. The topological polar surface area (TPSA) is 63.3 Å². The third kappa shape index (κ3) is 488. The normalized spacial score (nSPS) is 5.60. The number of hydrogen-bond donors (Lipinski definition) is 2.